The first-order valence-corrected chi connectivity index (χ1v) is 10.4. The Balaban J connectivity index is 1.90. The van der Waals surface area contributed by atoms with Gasteiger partial charge in [0.25, 0.3) is 0 Å². The highest BCUT2D eigenvalue weighted by atomic mass is 16.5. The van der Waals surface area contributed by atoms with Crippen molar-refractivity contribution in [2.45, 2.75) is 27.7 Å². The topological polar surface area (TPSA) is 117 Å². The first kappa shape index (κ1) is 21.5. The van der Waals surface area contributed by atoms with Crippen LogP contribution in [-0.2, 0) is 7.05 Å². The van der Waals surface area contributed by atoms with Crippen molar-refractivity contribution in [3.63, 3.8) is 0 Å². The smallest absolute Gasteiger partial charge is 0.221 e. The number of hydrogen-bond donors (Lipinski definition) is 2. The van der Waals surface area contributed by atoms with Crippen LogP contribution < -0.4 is 15.8 Å². The van der Waals surface area contributed by atoms with E-state index in [0.717, 1.165) is 34.4 Å². The first-order valence-electron chi connectivity index (χ1n) is 10.4. The number of aryl methyl sites for hydroxylation is 2. The SMILES string of the molecule is COc1cc(-c2nncn2C)ccc1-c1nc(N)nc2c(NCC(C)(C)C)ncc(C)c12. The molecule has 166 valence electrons. The summed E-state index contributed by atoms with van der Waals surface area (Å²) in [6.07, 6.45) is 3.49. The van der Waals surface area contributed by atoms with Gasteiger partial charge < -0.3 is 20.4 Å². The van der Waals surface area contributed by atoms with Crippen LogP contribution in [-0.4, -0.2) is 43.4 Å². The van der Waals surface area contributed by atoms with E-state index < -0.39 is 0 Å². The molecule has 4 rings (SSSR count). The van der Waals surface area contributed by atoms with Crippen molar-refractivity contribution in [1.29, 1.82) is 0 Å². The number of nitrogens with zero attached hydrogens (tertiary/aromatic N) is 6. The van der Waals surface area contributed by atoms with Crippen LogP contribution >= 0.6 is 0 Å². The van der Waals surface area contributed by atoms with Crippen LogP contribution in [0.3, 0.4) is 0 Å². The molecule has 0 bridgehead atoms. The molecule has 32 heavy (non-hydrogen) atoms. The monoisotopic (exact) mass is 432 g/mol. The number of rotatable bonds is 5. The second-order valence-corrected chi connectivity index (χ2v) is 9.04. The molecule has 1 aromatic carbocycles. The highest BCUT2D eigenvalue weighted by molar-refractivity contribution is 6.01. The Hall–Kier alpha value is -3.75. The van der Waals surface area contributed by atoms with Crippen LogP contribution in [0, 0.1) is 12.3 Å². The van der Waals surface area contributed by atoms with Crippen molar-refractivity contribution in [2.24, 2.45) is 12.5 Å². The van der Waals surface area contributed by atoms with E-state index >= 15 is 0 Å². The highest BCUT2D eigenvalue weighted by Gasteiger charge is 2.20. The minimum atomic E-state index is 0.0825. The van der Waals surface area contributed by atoms with E-state index in [4.69, 9.17) is 10.5 Å². The lowest BCUT2D eigenvalue weighted by Gasteiger charge is -2.20. The number of aromatic nitrogens is 6. The van der Waals surface area contributed by atoms with Crippen LogP contribution in [0.2, 0.25) is 0 Å². The molecule has 0 aliphatic carbocycles. The molecule has 9 nitrogen and oxygen atoms in total. The van der Waals surface area contributed by atoms with Gasteiger partial charge in [-0.1, -0.05) is 26.8 Å². The van der Waals surface area contributed by atoms with Gasteiger partial charge in [-0.15, -0.1) is 10.2 Å². The minimum Gasteiger partial charge on any atom is -0.496 e. The largest absolute Gasteiger partial charge is 0.496 e. The van der Waals surface area contributed by atoms with Crippen LogP contribution in [0.5, 0.6) is 5.75 Å². The number of nitrogens with two attached hydrogens (primary N) is 1. The van der Waals surface area contributed by atoms with E-state index in [2.05, 4.69) is 51.2 Å². The van der Waals surface area contributed by atoms with E-state index in [-0.39, 0.29) is 11.4 Å². The van der Waals surface area contributed by atoms with E-state index in [1.165, 1.54) is 0 Å². The number of fused-ring (bicyclic) bond motifs is 1. The van der Waals surface area contributed by atoms with Crippen molar-refractivity contribution in [3.05, 3.63) is 36.3 Å². The molecule has 3 aromatic heterocycles. The predicted octanol–water partition coefficient (Wildman–Crippen LogP) is 3.84. The number of pyridine rings is 1. The molecule has 0 fully saturated rings. The highest BCUT2D eigenvalue weighted by Crippen LogP contribution is 2.38. The number of hydrogen-bond acceptors (Lipinski definition) is 8. The number of benzene rings is 1. The quantitative estimate of drug-likeness (QED) is 0.488. The van der Waals surface area contributed by atoms with Gasteiger partial charge in [-0.05, 0) is 30.0 Å². The van der Waals surface area contributed by atoms with E-state index in [1.807, 2.05) is 42.9 Å². The zero-order valence-electron chi connectivity index (χ0n) is 19.3. The summed E-state index contributed by atoms with van der Waals surface area (Å²) in [5, 5.41) is 12.5. The summed E-state index contributed by atoms with van der Waals surface area (Å²) in [6.45, 7) is 9.22. The van der Waals surface area contributed by atoms with Crippen molar-refractivity contribution in [3.8, 4) is 28.4 Å². The summed E-state index contributed by atoms with van der Waals surface area (Å²) in [6, 6.07) is 5.87. The van der Waals surface area contributed by atoms with Crippen LogP contribution in [0.25, 0.3) is 33.5 Å². The second-order valence-electron chi connectivity index (χ2n) is 9.04. The zero-order valence-corrected chi connectivity index (χ0v) is 19.3. The third-order valence-electron chi connectivity index (χ3n) is 5.14. The molecule has 0 atom stereocenters. The van der Waals surface area contributed by atoms with Gasteiger partial charge >= 0.3 is 0 Å². The van der Waals surface area contributed by atoms with Crippen LogP contribution in [0.1, 0.15) is 26.3 Å². The van der Waals surface area contributed by atoms with Crippen LogP contribution in [0.4, 0.5) is 11.8 Å². The standard InChI is InChI=1S/C23H28N8O/c1-13-10-25-20(26-11-23(2,3)4)19-17(13)18(28-22(24)29-19)15-8-7-14(9-16(15)32-6)21-30-27-12-31(21)5/h7-10,12H,11H2,1-6H3,(H,25,26)(H2,24,28,29). The molecule has 4 aromatic rings. The van der Waals surface area contributed by atoms with Crippen LogP contribution in [0.15, 0.2) is 30.7 Å². The third-order valence-corrected chi connectivity index (χ3v) is 5.14. The average molecular weight is 433 g/mol. The lowest BCUT2D eigenvalue weighted by molar-refractivity contribution is 0.416. The Morgan fingerprint density at radius 3 is 2.62 bits per heavy atom. The molecule has 0 unspecified atom stereocenters. The zero-order chi connectivity index (χ0) is 23.0. The maximum absolute atomic E-state index is 6.14. The molecule has 0 aliphatic rings. The van der Waals surface area contributed by atoms with Gasteiger partial charge in [0.05, 0.1) is 12.8 Å². The van der Waals surface area contributed by atoms with Gasteiger partial charge in [0.15, 0.2) is 11.6 Å². The molecule has 0 radical (unpaired) electrons. The molecule has 0 saturated carbocycles. The number of ether oxygens (including phenoxy) is 1. The van der Waals surface area contributed by atoms with Crippen molar-refractivity contribution >= 4 is 22.7 Å². The Bertz CT molecular complexity index is 1290. The number of nitrogens with one attached hydrogen (secondary N) is 1. The average Bonchev–Trinajstić information content (AvgIpc) is 3.17. The third kappa shape index (κ3) is 4.05. The number of anilines is 2. The molecule has 9 heteroatoms. The fourth-order valence-corrected chi connectivity index (χ4v) is 3.55. The fourth-order valence-electron chi connectivity index (χ4n) is 3.55. The molecule has 0 spiro atoms. The molecule has 0 saturated heterocycles. The first-order chi connectivity index (χ1) is 15.2. The molecular weight excluding hydrogens is 404 g/mol. The number of nitrogen functional groups attached to an aromatic ring is 1. The molecule has 3 N–H and O–H groups in total. The Kier molecular flexibility index (Phi) is 5.41. The lowest BCUT2D eigenvalue weighted by atomic mass is 9.97. The van der Waals surface area contributed by atoms with Crippen molar-refractivity contribution in [2.75, 3.05) is 24.7 Å². The summed E-state index contributed by atoms with van der Waals surface area (Å²) in [5.41, 5.74) is 10.3. The molecule has 0 amide bonds. The van der Waals surface area contributed by atoms with E-state index in [1.54, 1.807) is 13.4 Å². The summed E-state index contributed by atoms with van der Waals surface area (Å²) in [4.78, 5) is 13.7. The van der Waals surface area contributed by atoms with Gasteiger partial charge in [0.2, 0.25) is 5.95 Å². The minimum absolute atomic E-state index is 0.0825. The number of methoxy groups -OCH3 is 1. The van der Waals surface area contributed by atoms with Gasteiger partial charge in [0.1, 0.15) is 17.6 Å². The lowest BCUT2D eigenvalue weighted by Crippen LogP contribution is -2.20. The second kappa shape index (κ2) is 8.07. The fraction of sp³-hybridized carbons (Fsp3) is 0.348. The van der Waals surface area contributed by atoms with Crippen molar-refractivity contribution in [1.82, 2.24) is 29.7 Å². The molecular formula is C23H28N8O. The van der Waals surface area contributed by atoms with Gasteiger partial charge in [-0.3, -0.25) is 0 Å². The van der Waals surface area contributed by atoms with Gasteiger partial charge in [-0.2, -0.15) is 0 Å². The summed E-state index contributed by atoms with van der Waals surface area (Å²) in [5.74, 6) is 2.27. The Morgan fingerprint density at radius 1 is 1.19 bits per heavy atom. The summed E-state index contributed by atoms with van der Waals surface area (Å²) < 4.78 is 7.60. The van der Waals surface area contributed by atoms with Gasteiger partial charge in [0, 0.05) is 36.3 Å². The van der Waals surface area contributed by atoms with Gasteiger partial charge in [-0.25, -0.2) is 15.0 Å². The Labute approximate surface area is 187 Å². The maximum Gasteiger partial charge on any atom is 0.221 e. The summed E-state index contributed by atoms with van der Waals surface area (Å²) in [7, 11) is 3.54. The summed E-state index contributed by atoms with van der Waals surface area (Å²) >= 11 is 0. The van der Waals surface area contributed by atoms with E-state index in [0.29, 0.717) is 22.8 Å². The normalized spacial score (nSPS) is 11.7. The Morgan fingerprint density at radius 2 is 1.97 bits per heavy atom. The molecule has 0 aliphatic heterocycles. The van der Waals surface area contributed by atoms with E-state index in [9.17, 15) is 0 Å². The molecule has 3 heterocycles. The van der Waals surface area contributed by atoms with Crippen molar-refractivity contribution < 1.29 is 4.74 Å². The predicted molar refractivity (Wildman–Crippen MR) is 126 cm³/mol. The maximum atomic E-state index is 6.14.